The van der Waals surface area contributed by atoms with E-state index in [1.54, 1.807) is 25.1 Å². The Morgan fingerprint density at radius 2 is 1.83 bits per heavy atom. The van der Waals surface area contributed by atoms with Crippen molar-refractivity contribution in [1.29, 1.82) is 0 Å². The van der Waals surface area contributed by atoms with Gasteiger partial charge in [0.25, 0.3) is 5.91 Å². The zero-order valence-corrected chi connectivity index (χ0v) is 14.1. The fourth-order valence-corrected chi connectivity index (χ4v) is 2.10. The number of hydrogen-bond acceptors (Lipinski definition) is 3. The van der Waals surface area contributed by atoms with Crippen LogP contribution in [0.25, 0.3) is 0 Å². The van der Waals surface area contributed by atoms with Crippen molar-refractivity contribution in [2.24, 2.45) is 0 Å². The molecule has 0 aliphatic carbocycles. The highest BCUT2D eigenvalue weighted by Crippen LogP contribution is 2.26. The molecular weight excluding hydrogens is 337 g/mol. The van der Waals surface area contributed by atoms with Crippen LogP contribution in [0.5, 0.6) is 11.5 Å². The van der Waals surface area contributed by atoms with E-state index in [2.05, 4.69) is 5.32 Å². The fraction of sp³-hybridized carbons (Fsp3) is 0.235. The molecule has 1 atom stereocenters. The van der Waals surface area contributed by atoms with Gasteiger partial charge in [0, 0.05) is 6.07 Å². The highest BCUT2D eigenvalue weighted by molar-refractivity contribution is 6.42. The number of hydrogen-bond donors (Lipinski definition) is 1. The van der Waals surface area contributed by atoms with E-state index in [1.807, 2.05) is 30.3 Å². The number of para-hydroxylation sites is 1. The van der Waals surface area contributed by atoms with Crippen LogP contribution in [-0.4, -0.2) is 25.2 Å². The molecule has 1 unspecified atom stereocenters. The smallest absolute Gasteiger partial charge is 0.260 e. The molecule has 0 spiro atoms. The van der Waals surface area contributed by atoms with Gasteiger partial charge in [-0.2, -0.15) is 0 Å². The van der Waals surface area contributed by atoms with Gasteiger partial charge in [0.05, 0.1) is 16.6 Å². The number of carbonyl (C=O) groups excluding carboxylic acids is 1. The molecule has 0 radical (unpaired) electrons. The van der Waals surface area contributed by atoms with Gasteiger partial charge in [-0.15, -0.1) is 0 Å². The first kappa shape index (κ1) is 17.4. The SMILES string of the molecule is CC(Oc1ccc(Cl)c(Cl)c1)C(=O)NCCOc1ccccc1. The third-order valence-electron chi connectivity index (χ3n) is 2.99. The second-order valence-electron chi connectivity index (χ2n) is 4.79. The Labute approximate surface area is 145 Å². The number of rotatable bonds is 7. The quantitative estimate of drug-likeness (QED) is 0.766. The van der Waals surface area contributed by atoms with E-state index in [0.29, 0.717) is 28.9 Å². The average Bonchev–Trinajstić information content (AvgIpc) is 2.55. The van der Waals surface area contributed by atoms with Gasteiger partial charge < -0.3 is 14.8 Å². The lowest BCUT2D eigenvalue weighted by Gasteiger charge is -2.15. The van der Waals surface area contributed by atoms with Gasteiger partial charge >= 0.3 is 0 Å². The lowest BCUT2D eigenvalue weighted by atomic mass is 10.3. The zero-order valence-electron chi connectivity index (χ0n) is 12.6. The molecule has 0 aliphatic heterocycles. The molecule has 0 heterocycles. The lowest BCUT2D eigenvalue weighted by molar-refractivity contribution is -0.127. The largest absolute Gasteiger partial charge is 0.492 e. The summed E-state index contributed by atoms with van der Waals surface area (Å²) in [5, 5.41) is 3.57. The number of benzene rings is 2. The van der Waals surface area contributed by atoms with Crippen molar-refractivity contribution in [3.63, 3.8) is 0 Å². The molecule has 6 heteroatoms. The summed E-state index contributed by atoms with van der Waals surface area (Å²) in [4.78, 5) is 12.0. The summed E-state index contributed by atoms with van der Waals surface area (Å²) >= 11 is 11.7. The molecule has 1 amide bonds. The van der Waals surface area contributed by atoms with Gasteiger partial charge in [-0.25, -0.2) is 0 Å². The van der Waals surface area contributed by atoms with E-state index >= 15 is 0 Å². The van der Waals surface area contributed by atoms with Crippen molar-refractivity contribution in [3.8, 4) is 11.5 Å². The summed E-state index contributed by atoms with van der Waals surface area (Å²) in [7, 11) is 0. The lowest BCUT2D eigenvalue weighted by Crippen LogP contribution is -2.38. The van der Waals surface area contributed by atoms with Gasteiger partial charge in [0.15, 0.2) is 6.10 Å². The molecule has 23 heavy (non-hydrogen) atoms. The first-order valence-corrected chi connectivity index (χ1v) is 7.89. The zero-order chi connectivity index (χ0) is 16.7. The third kappa shape index (κ3) is 5.66. The van der Waals surface area contributed by atoms with Crippen LogP contribution >= 0.6 is 23.2 Å². The van der Waals surface area contributed by atoms with Crippen molar-refractivity contribution in [3.05, 3.63) is 58.6 Å². The maximum Gasteiger partial charge on any atom is 0.260 e. The average molecular weight is 354 g/mol. The van der Waals surface area contributed by atoms with Crippen LogP contribution in [-0.2, 0) is 4.79 Å². The Hall–Kier alpha value is -1.91. The number of amides is 1. The maximum absolute atomic E-state index is 12.0. The topological polar surface area (TPSA) is 47.6 Å². The molecule has 0 fully saturated rings. The minimum absolute atomic E-state index is 0.229. The van der Waals surface area contributed by atoms with E-state index in [1.165, 1.54) is 0 Å². The van der Waals surface area contributed by atoms with Crippen LogP contribution in [0.15, 0.2) is 48.5 Å². The minimum Gasteiger partial charge on any atom is -0.492 e. The number of carbonyl (C=O) groups is 1. The molecule has 0 bridgehead atoms. The van der Waals surface area contributed by atoms with E-state index in [9.17, 15) is 4.79 Å². The van der Waals surface area contributed by atoms with E-state index in [4.69, 9.17) is 32.7 Å². The van der Waals surface area contributed by atoms with E-state index < -0.39 is 6.10 Å². The molecule has 1 N–H and O–H groups in total. The standard InChI is InChI=1S/C17H17Cl2NO3/c1-12(23-14-7-8-15(18)16(19)11-14)17(21)20-9-10-22-13-5-3-2-4-6-13/h2-8,11-12H,9-10H2,1H3,(H,20,21). The predicted molar refractivity (Wildman–Crippen MR) is 91.5 cm³/mol. The van der Waals surface area contributed by atoms with Crippen LogP contribution in [0.3, 0.4) is 0 Å². The fourth-order valence-electron chi connectivity index (χ4n) is 1.81. The number of ether oxygens (including phenoxy) is 2. The Kier molecular flexibility index (Phi) is 6.56. The summed E-state index contributed by atoms with van der Waals surface area (Å²) in [6, 6.07) is 14.3. The minimum atomic E-state index is -0.649. The molecule has 122 valence electrons. The van der Waals surface area contributed by atoms with Crippen LogP contribution in [0.4, 0.5) is 0 Å². The van der Waals surface area contributed by atoms with Gasteiger partial charge in [-0.1, -0.05) is 41.4 Å². The highest BCUT2D eigenvalue weighted by Gasteiger charge is 2.14. The Morgan fingerprint density at radius 3 is 2.52 bits per heavy atom. The van der Waals surface area contributed by atoms with Crippen LogP contribution in [0, 0.1) is 0 Å². The number of halogens is 2. The van der Waals surface area contributed by atoms with Gasteiger partial charge in [0.2, 0.25) is 0 Å². The van der Waals surface area contributed by atoms with Crippen molar-refractivity contribution >= 4 is 29.1 Å². The molecule has 0 saturated heterocycles. The Balaban J connectivity index is 1.73. The molecule has 2 aromatic carbocycles. The summed E-state index contributed by atoms with van der Waals surface area (Å²) < 4.78 is 11.0. The summed E-state index contributed by atoms with van der Waals surface area (Å²) in [6.45, 7) is 2.44. The highest BCUT2D eigenvalue weighted by atomic mass is 35.5. The summed E-state index contributed by atoms with van der Waals surface area (Å²) in [5.41, 5.74) is 0. The van der Waals surface area contributed by atoms with E-state index in [-0.39, 0.29) is 5.91 Å². The second-order valence-corrected chi connectivity index (χ2v) is 5.60. The van der Waals surface area contributed by atoms with Crippen LogP contribution < -0.4 is 14.8 Å². The normalized spacial score (nSPS) is 11.6. The van der Waals surface area contributed by atoms with Crippen molar-refractivity contribution in [2.45, 2.75) is 13.0 Å². The predicted octanol–water partition coefficient (Wildman–Crippen LogP) is 3.96. The monoisotopic (exact) mass is 353 g/mol. The second kappa shape index (κ2) is 8.65. The molecule has 2 rings (SSSR count). The van der Waals surface area contributed by atoms with Crippen LogP contribution in [0.2, 0.25) is 10.0 Å². The van der Waals surface area contributed by atoms with Gasteiger partial charge in [-0.3, -0.25) is 4.79 Å². The molecular formula is C17H17Cl2NO3. The first-order valence-electron chi connectivity index (χ1n) is 7.13. The number of nitrogens with one attached hydrogen (secondary N) is 1. The first-order chi connectivity index (χ1) is 11.1. The maximum atomic E-state index is 12.0. The Bertz CT molecular complexity index is 650. The molecule has 0 aliphatic rings. The van der Waals surface area contributed by atoms with Crippen molar-refractivity contribution in [2.75, 3.05) is 13.2 Å². The van der Waals surface area contributed by atoms with Gasteiger partial charge in [0.1, 0.15) is 18.1 Å². The molecule has 0 saturated carbocycles. The molecule has 0 aromatic heterocycles. The van der Waals surface area contributed by atoms with Crippen LogP contribution in [0.1, 0.15) is 6.92 Å². The Morgan fingerprint density at radius 1 is 1.09 bits per heavy atom. The summed E-state index contributed by atoms with van der Waals surface area (Å²) in [5.74, 6) is 1.03. The van der Waals surface area contributed by atoms with Crippen molar-refractivity contribution < 1.29 is 14.3 Å². The third-order valence-corrected chi connectivity index (χ3v) is 3.73. The molecule has 2 aromatic rings. The van der Waals surface area contributed by atoms with E-state index in [0.717, 1.165) is 5.75 Å². The summed E-state index contributed by atoms with van der Waals surface area (Å²) in [6.07, 6.45) is -0.649. The van der Waals surface area contributed by atoms with Gasteiger partial charge in [-0.05, 0) is 31.2 Å². The van der Waals surface area contributed by atoms with Crippen molar-refractivity contribution in [1.82, 2.24) is 5.32 Å². The molecule has 4 nitrogen and oxygen atoms in total.